The molecule has 2 aromatic rings. The zero-order chi connectivity index (χ0) is 21.7. The third-order valence-corrected chi connectivity index (χ3v) is 7.01. The first-order chi connectivity index (χ1) is 14.1. The summed E-state index contributed by atoms with van der Waals surface area (Å²) in [5, 5.41) is 22.3. The van der Waals surface area contributed by atoms with Gasteiger partial charge >= 0.3 is 6.03 Å². The SMILES string of the molecule is CC(C)(C1CCN(C(=O)NC2CC(F)(F)C2)CC1)[C@H](O)c1cc(Cl)cc2cn[nH]c12. The summed E-state index contributed by atoms with van der Waals surface area (Å²) >= 11 is 6.24. The van der Waals surface area contributed by atoms with E-state index in [1.54, 1.807) is 23.2 Å². The van der Waals surface area contributed by atoms with Gasteiger partial charge in [0.15, 0.2) is 0 Å². The van der Waals surface area contributed by atoms with Crippen LogP contribution in [0.2, 0.25) is 5.02 Å². The molecule has 30 heavy (non-hydrogen) atoms. The van der Waals surface area contributed by atoms with Gasteiger partial charge in [0.05, 0.1) is 17.8 Å². The molecular formula is C21H27ClF2N4O2. The molecule has 4 rings (SSSR count). The lowest BCUT2D eigenvalue weighted by Gasteiger charge is -2.44. The van der Waals surface area contributed by atoms with Gasteiger partial charge in [-0.2, -0.15) is 5.10 Å². The molecule has 1 saturated carbocycles. The molecule has 1 aromatic carbocycles. The normalized spacial score (nSPS) is 21.5. The van der Waals surface area contributed by atoms with Gasteiger partial charge in [0.1, 0.15) is 0 Å². The van der Waals surface area contributed by atoms with Crippen molar-refractivity contribution in [3.05, 3.63) is 28.9 Å². The number of H-pyrrole nitrogens is 1. The van der Waals surface area contributed by atoms with E-state index in [9.17, 15) is 18.7 Å². The average molecular weight is 441 g/mol. The second kappa shape index (κ2) is 7.64. The number of carbonyl (C=O) groups is 1. The number of halogens is 3. The standard InChI is InChI=1S/C21H27ClF2N4O2/c1-20(2,18(29)16-8-14(22)7-12-11-25-27-17(12)16)13-3-5-28(6-4-13)19(30)26-15-9-21(23,24)10-15/h7-8,11,13,15,18,29H,3-6,9-10H2,1-2H3,(H,25,27)(H,26,30)/t18-/m1/s1. The van der Waals surface area contributed by atoms with Crippen LogP contribution < -0.4 is 5.32 Å². The van der Waals surface area contributed by atoms with Gasteiger partial charge in [-0.3, -0.25) is 5.10 Å². The number of urea groups is 1. The van der Waals surface area contributed by atoms with E-state index in [4.69, 9.17) is 11.6 Å². The Kier molecular flexibility index (Phi) is 5.43. The maximum absolute atomic E-state index is 13.0. The summed E-state index contributed by atoms with van der Waals surface area (Å²) in [4.78, 5) is 14.1. The molecule has 1 atom stereocenters. The minimum atomic E-state index is -2.65. The highest BCUT2D eigenvalue weighted by molar-refractivity contribution is 6.31. The topological polar surface area (TPSA) is 81.2 Å². The van der Waals surface area contributed by atoms with Crippen LogP contribution in [0.1, 0.15) is 51.2 Å². The summed E-state index contributed by atoms with van der Waals surface area (Å²) in [5.41, 5.74) is 1.03. The van der Waals surface area contributed by atoms with Crippen LogP contribution in [0.25, 0.3) is 10.9 Å². The highest BCUT2D eigenvalue weighted by Gasteiger charge is 2.46. The first-order valence-electron chi connectivity index (χ1n) is 10.3. The Bertz CT molecular complexity index is 932. The number of aromatic amines is 1. The fourth-order valence-electron chi connectivity index (χ4n) is 4.74. The summed E-state index contributed by atoms with van der Waals surface area (Å²) < 4.78 is 26.0. The number of piperidine rings is 1. The number of hydrogen-bond acceptors (Lipinski definition) is 3. The lowest BCUT2D eigenvalue weighted by molar-refractivity contribution is -0.0905. The Labute approximate surface area is 179 Å². The van der Waals surface area contributed by atoms with Gasteiger partial charge in [-0.05, 0) is 36.3 Å². The van der Waals surface area contributed by atoms with Gasteiger partial charge in [0, 0.05) is 47.9 Å². The fourth-order valence-corrected chi connectivity index (χ4v) is 4.98. The van der Waals surface area contributed by atoms with Crippen molar-refractivity contribution in [3.8, 4) is 0 Å². The number of fused-ring (bicyclic) bond motifs is 1. The second-order valence-corrected chi connectivity index (χ2v) is 9.66. The largest absolute Gasteiger partial charge is 0.388 e. The van der Waals surface area contributed by atoms with Crippen LogP contribution in [0.15, 0.2) is 18.3 Å². The van der Waals surface area contributed by atoms with Crippen molar-refractivity contribution in [3.63, 3.8) is 0 Å². The number of carbonyl (C=O) groups excluding carboxylic acids is 1. The minimum absolute atomic E-state index is 0.182. The van der Waals surface area contributed by atoms with Crippen LogP contribution in [0.4, 0.5) is 13.6 Å². The molecule has 2 heterocycles. The molecule has 0 unspecified atom stereocenters. The van der Waals surface area contributed by atoms with Crippen LogP contribution in [0.5, 0.6) is 0 Å². The number of aliphatic hydroxyl groups is 1. The van der Waals surface area contributed by atoms with Crippen LogP contribution in [0, 0.1) is 11.3 Å². The molecule has 1 aliphatic heterocycles. The molecule has 164 valence electrons. The molecule has 2 amide bonds. The molecule has 0 radical (unpaired) electrons. The zero-order valence-electron chi connectivity index (χ0n) is 17.1. The van der Waals surface area contributed by atoms with E-state index in [1.807, 2.05) is 13.8 Å². The number of likely N-dealkylation sites (tertiary alicyclic amines) is 1. The summed E-state index contributed by atoms with van der Waals surface area (Å²) in [7, 11) is 0. The van der Waals surface area contributed by atoms with E-state index in [1.165, 1.54) is 0 Å². The average Bonchev–Trinajstić information content (AvgIpc) is 3.13. The van der Waals surface area contributed by atoms with Gasteiger partial charge in [0.25, 0.3) is 5.92 Å². The van der Waals surface area contributed by atoms with E-state index in [0.717, 1.165) is 23.7 Å². The molecule has 1 aliphatic carbocycles. The van der Waals surface area contributed by atoms with E-state index in [2.05, 4.69) is 15.5 Å². The van der Waals surface area contributed by atoms with E-state index < -0.39 is 23.5 Å². The Morgan fingerprint density at radius 1 is 1.37 bits per heavy atom. The van der Waals surface area contributed by atoms with Gasteiger partial charge < -0.3 is 15.3 Å². The monoisotopic (exact) mass is 440 g/mol. The second-order valence-electron chi connectivity index (χ2n) is 9.23. The predicted molar refractivity (Wildman–Crippen MR) is 111 cm³/mol. The summed E-state index contributed by atoms with van der Waals surface area (Å²) in [6.07, 6.45) is 1.81. The first kappa shape index (κ1) is 21.3. The van der Waals surface area contributed by atoms with Crippen molar-refractivity contribution in [2.75, 3.05) is 13.1 Å². The van der Waals surface area contributed by atoms with Crippen LogP contribution >= 0.6 is 11.6 Å². The third-order valence-electron chi connectivity index (χ3n) is 6.80. The zero-order valence-corrected chi connectivity index (χ0v) is 17.8. The molecule has 0 bridgehead atoms. The van der Waals surface area contributed by atoms with Crippen molar-refractivity contribution >= 4 is 28.5 Å². The fraction of sp³-hybridized carbons (Fsp3) is 0.619. The van der Waals surface area contributed by atoms with Crippen LogP contribution in [-0.4, -0.2) is 51.3 Å². The van der Waals surface area contributed by atoms with E-state index in [-0.39, 0.29) is 24.8 Å². The molecule has 1 saturated heterocycles. The van der Waals surface area contributed by atoms with E-state index >= 15 is 0 Å². The lowest BCUT2D eigenvalue weighted by Crippen LogP contribution is -2.55. The van der Waals surface area contributed by atoms with Crippen LogP contribution in [0.3, 0.4) is 0 Å². The third kappa shape index (κ3) is 3.99. The van der Waals surface area contributed by atoms with Crippen LogP contribution in [-0.2, 0) is 0 Å². The van der Waals surface area contributed by atoms with Gasteiger partial charge in [-0.1, -0.05) is 25.4 Å². The molecule has 6 nitrogen and oxygen atoms in total. The lowest BCUT2D eigenvalue weighted by atomic mass is 9.68. The van der Waals surface area contributed by atoms with Crippen molar-refractivity contribution < 1.29 is 18.7 Å². The van der Waals surface area contributed by atoms with E-state index in [0.29, 0.717) is 23.7 Å². The van der Waals surface area contributed by atoms with Crippen molar-refractivity contribution in [2.45, 2.75) is 57.6 Å². The number of hydrogen-bond donors (Lipinski definition) is 3. The maximum atomic E-state index is 13.0. The first-order valence-corrected chi connectivity index (χ1v) is 10.7. The Balaban J connectivity index is 1.39. The van der Waals surface area contributed by atoms with Gasteiger partial charge in [0.2, 0.25) is 0 Å². The van der Waals surface area contributed by atoms with Crippen molar-refractivity contribution in [1.82, 2.24) is 20.4 Å². The minimum Gasteiger partial charge on any atom is -0.388 e. The number of amides is 2. The summed E-state index contributed by atoms with van der Waals surface area (Å²) in [6, 6.07) is 2.86. The Hall–Kier alpha value is -1.93. The molecule has 9 heteroatoms. The molecular weight excluding hydrogens is 414 g/mol. The maximum Gasteiger partial charge on any atom is 0.317 e. The van der Waals surface area contributed by atoms with Gasteiger partial charge in [-0.15, -0.1) is 0 Å². The van der Waals surface area contributed by atoms with Crippen molar-refractivity contribution in [2.24, 2.45) is 11.3 Å². The summed E-state index contributed by atoms with van der Waals surface area (Å²) in [6.45, 7) is 5.12. The number of rotatable bonds is 4. The quantitative estimate of drug-likeness (QED) is 0.655. The molecule has 0 spiro atoms. The van der Waals surface area contributed by atoms with Crippen molar-refractivity contribution in [1.29, 1.82) is 0 Å². The number of benzene rings is 1. The molecule has 1 aromatic heterocycles. The number of nitrogens with one attached hydrogen (secondary N) is 2. The number of aliphatic hydroxyl groups excluding tert-OH is 1. The smallest absolute Gasteiger partial charge is 0.317 e. The van der Waals surface area contributed by atoms with Gasteiger partial charge in [-0.25, -0.2) is 13.6 Å². The molecule has 2 aliphatic rings. The number of alkyl halides is 2. The highest BCUT2D eigenvalue weighted by atomic mass is 35.5. The summed E-state index contributed by atoms with van der Waals surface area (Å²) in [5.74, 6) is -2.47. The molecule has 3 N–H and O–H groups in total. The predicted octanol–water partition coefficient (Wildman–Crippen LogP) is 4.50. The molecule has 2 fully saturated rings. The number of nitrogens with zero attached hydrogens (tertiary/aromatic N) is 2. The highest BCUT2D eigenvalue weighted by Crippen LogP contribution is 2.46. The number of aromatic nitrogens is 2. The Morgan fingerprint density at radius 3 is 2.67 bits per heavy atom. The Morgan fingerprint density at radius 2 is 2.03 bits per heavy atom.